The summed E-state index contributed by atoms with van der Waals surface area (Å²) in [6.07, 6.45) is 2.89. The third kappa shape index (κ3) is 2.54. The van der Waals surface area contributed by atoms with E-state index < -0.39 is 0 Å². The highest BCUT2D eigenvalue weighted by molar-refractivity contribution is 5.43. The number of aryl methyl sites for hydroxylation is 1. The second-order valence-electron chi connectivity index (χ2n) is 5.19. The number of aromatic nitrogens is 1. The summed E-state index contributed by atoms with van der Waals surface area (Å²) >= 11 is 0. The van der Waals surface area contributed by atoms with Crippen LogP contribution in [0.25, 0.3) is 0 Å². The van der Waals surface area contributed by atoms with Crippen LogP contribution in [0.4, 0.5) is 0 Å². The van der Waals surface area contributed by atoms with Gasteiger partial charge in [-0.15, -0.1) is 0 Å². The second-order valence-corrected chi connectivity index (χ2v) is 5.19. The van der Waals surface area contributed by atoms with E-state index in [1.165, 1.54) is 16.7 Å². The molecule has 3 heteroatoms. The van der Waals surface area contributed by atoms with Crippen molar-refractivity contribution in [2.45, 2.75) is 26.3 Å². The fourth-order valence-corrected chi connectivity index (χ4v) is 2.77. The first-order chi connectivity index (χ1) is 9.78. The van der Waals surface area contributed by atoms with Crippen molar-refractivity contribution >= 4 is 0 Å². The van der Waals surface area contributed by atoms with Crippen LogP contribution in [0.15, 0.2) is 36.5 Å². The van der Waals surface area contributed by atoms with Crippen LogP contribution in [0.3, 0.4) is 0 Å². The van der Waals surface area contributed by atoms with E-state index in [0.29, 0.717) is 0 Å². The van der Waals surface area contributed by atoms with E-state index in [9.17, 15) is 0 Å². The van der Waals surface area contributed by atoms with Gasteiger partial charge in [-0.1, -0.05) is 19.1 Å². The molecule has 1 aromatic heterocycles. The van der Waals surface area contributed by atoms with Gasteiger partial charge in [0.15, 0.2) is 0 Å². The van der Waals surface area contributed by atoms with Crippen molar-refractivity contribution in [3.63, 3.8) is 0 Å². The molecule has 20 heavy (non-hydrogen) atoms. The molecule has 1 aromatic carbocycles. The van der Waals surface area contributed by atoms with Gasteiger partial charge in [-0.25, -0.2) is 0 Å². The van der Waals surface area contributed by atoms with Crippen LogP contribution in [0.1, 0.15) is 35.3 Å². The van der Waals surface area contributed by atoms with Crippen LogP contribution in [0.5, 0.6) is 5.75 Å². The number of nitrogens with zero attached hydrogens (tertiary/aromatic N) is 1. The van der Waals surface area contributed by atoms with E-state index >= 15 is 0 Å². The molecule has 1 atom stereocenters. The predicted octanol–water partition coefficient (Wildman–Crippen LogP) is 3.02. The summed E-state index contributed by atoms with van der Waals surface area (Å²) in [6, 6.07) is 11.0. The minimum absolute atomic E-state index is 0.215. The highest BCUT2D eigenvalue weighted by atomic mass is 16.5. The van der Waals surface area contributed by atoms with Gasteiger partial charge in [-0.3, -0.25) is 4.98 Å². The van der Waals surface area contributed by atoms with Gasteiger partial charge in [0.25, 0.3) is 0 Å². The SMILES string of the molecule is CCNC(c1ccnc(C)c1)c1ccc2c(c1)CCO2. The molecular weight excluding hydrogens is 248 g/mol. The van der Waals surface area contributed by atoms with Gasteiger partial charge < -0.3 is 10.1 Å². The van der Waals surface area contributed by atoms with E-state index in [2.05, 4.69) is 47.6 Å². The fraction of sp³-hybridized carbons (Fsp3) is 0.353. The van der Waals surface area contributed by atoms with Crippen molar-refractivity contribution < 1.29 is 4.74 Å². The lowest BCUT2D eigenvalue weighted by molar-refractivity contribution is 0.357. The van der Waals surface area contributed by atoms with Crippen molar-refractivity contribution in [3.8, 4) is 5.75 Å². The molecular formula is C17H20N2O. The van der Waals surface area contributed by atoms with Crippen LogP contribution < -0.4 is 10.1 Å². The summed E-state index contributed by atoms with van der Waals surface area (Å²) in [4.78, 5) is 4.29. The average molecular weight is 268 g/mol. The molecule has 0 saturated carbocycles. The molecule has 1 aliphatic rings. The van der Waals surface area contributed by atoms with Crippen molar-refractivity contribution in [3.05, 3.63) is 58.9 Å². The first kappa shape index (κ1) is 13.1. The quantitative estimate of drug-likeness (QED) is 0.925. The Balaban J connectivity index is 1.98. The Morgan fingerprint density at radius 2 is 2.10 bits per heavy atom. The standard InChI is InChI=1S/C17H20N2O/c1-3-18-17(15-6-8-19-12(2)10-15)14-4-5-16-13(11-14)7-9-20-16/h4-6,8,10-11,17-18H,3,7,9H2,1-2H3. The number of fused-ring (bicyclic) bond motifs is 1. The third-order valence-electron chi connectivity index (χ3n) is 3.71. The van der Waals surface area contributed by atoms with Gasteiger partial charge in [0.2, 0.25) is 0 Å². The maximum absolute atomic E-state index is 5.59. The van der Waals surface area contributed by atoms with Crippen LogP contribution in [0, 0.1) is 6.92 Å². The zero-order chi connectivity index (χ0) is 13.9. The second kappa shape index (κ2) is 5.63. The van der Waals surface area contributed by atoms with E-state index in [-0.39, 0.29) is 6.04 Å². The van der Waals surface area contributed by atoms with Crippen molar-refractivity contribution in [2.24, 2.45) is 0 Å². The van der Waals surface area contributed by atoms with Gasteiger partial charge >= 0.3 is 0 Å². The van der Waals surface area contributed by atoms with Crippen molar-refractivity contribution in [1.29, 1.82) is 0 Å². The molecule has 3 nitrogen and oxygen atoms in total. The van der Waals surface area contributed by atoms with Gasteiger partial charge in [0, 0.05) is 18.3 Å². The van der Waals surface area contributed by atoms with Crippen LogP contribution in [-0.2, 0) is 6.42 Å². The monoisotopic (exact) mass is 268 g/mol. The Labute approximate surface area is 120 Å². The van der Waals surface area contributed by atoms with E-state index in [0.717, 1.165) is 31.0 Å². The topological polar surface area (TPSA) is 34.2 Å². The summed E-state index contributed by atoms with van der Waals surface area (Å²) in [5, 5.41) is 3.56. The number of hydrogen-bond acceptors (Lipinski definition) is 3. The largest absolute Gasteiger partial charge is 0.493 e. The Morgan fingerprint density at radius 3 is 2.90 bits per heavy atom. The third-order valence-corrected chi connectivity index (χ3v) is 3.71. The van der Waals surface area contributed by atoms with Crippen molar-refractivity contribution in [2.75, 3.05) is 13.2 Å². The molecule has 0 saturated heterocycles. The maximum atomic E-state index is 5.59. The molecule has 0 radical (unpaired) electrons. The first-order valence-corrected chi connectivity index (χ1v) is 7.19. The molecule has 1 unspecified atom stereocenters. The normalized spacial score (nSPS) is 14.7. The average Bonchev–Trinajstić information content (AvgIpc) is 2.92. The van der Waals surface area contributed by atoms with E-state index in [1.807, 2.05) is 13.1 Å². The minimum atomic E-state index is 0.215. The molecule has 0 amide bonds. The molecule has 1 N–H and O–H groups in total. The molecule has 1 aliphatic heterocycles. The number of ether oxygens (including phenoxy) is 1. The zero-order valence-electron chi connectivity index (χ0n) is 12.0. The number of benzene rings is 1. The van der Waals surface area contributed by atoms with Crippen LogP contribution in [0.2, 0.25) is 0 Å². The van der Waals surface area contributed by atoms with Crippen LogP contribution in [-0.4, -0.2) is 18.1 Å². The summed E-state index contributed by atoms with van der Waals surface area (Å²) in [5.74, 6) is 1.04. The van der Waals surface area contributed by atoms with Crippen LogP contribution >= 0.6 is 0 Å². The lowest BCUT2D eigenvalue weighted by atomic mass is 9.96. The molecule has 2 aromatic rings. The molecule has 0 spiro atoms. The molecule has 0 aliphatic carbocycles. The van der Waals surface area contributed by atoms with Gasteiger partial charge in [0.1, 0.15) is 5.75 Å². The Morgan fingerprint density at radius 1 is 1.25 bits per heavy atom. The van der Waals surface area contributed by atoms with Gasteiger partial charge in [-0.05, 0) is 48.4 Å². The highest BCUT2D eigenvalue weighted by Gasteiger charge is 2.18. The number of hydrogen-bond donors (Lipinski definition) is 1. The summed E-state index contributed by atoms with van der Waals surface area (Å²) < 4.78 is 5.59. The van der Waals surface area contributed by atoms with Gasteiger partial charge in [0.05, 0.1) is 12.6 Å². The summed E-state index contributed by atoms with van der Waals surface area (Å²) in [7, 11) is 0. The van der Waals surface area contributed by atoms with Crippen molar-refractivity contribution in [1.82, 2.24) is 10.3 Å². The molecule has 2 heterocycles. The lowest BCUT2D eigenvalue weighted by Gasteiger charge is -2.20. The Hall–Kier alpha value is -1.87. The highest BCUT2D eigenvalue weighted by Crippen LogP contribution is 2.30. The smallest absolute Gasteiger partial charge is 0.122 e. The predicted molar refractivity (Wildman–Crippen MR) is 80.1 cm³/mol. The Bertz CT molecular complexity index is 610. The summed E-state index contributed by atoms with van der Waals surface area (Å²) in [6.45, 7) is 5.90. The molecule has 3 rings (SSSR count). The van der Waals surface area contributed by atoms with Gasteiger partial charge in [-0.2, -0.15) is 0 Å². The number of rotatable bonds is 4. The number of pyridine rings is 1. The maximum Gasteiger partial charge on any atom is 0.122 e. The minimum Gasteiger partial charge on any atom is -0.493 e. The molecule has 0 bridgehead atoms. The van der Waals surface area contributed by atoms with E-state index in [1.54, 1.807) is 0 Å². The first-order valence-electron chi connectivity index (χ1n) is 7.19. The lowest BCUT2D eigenvalue weighted by Crippen LogP contribution is -2.22. The fourth-order valence-electron chi connectivity index (χ4n) is 2.77. The van der Waals surface area contributed by atoms with E-state index in [4.69, 9.17) is 4.74 Å². The number of nitrogens with one attached hydrogen (secondary N) is 1. The Kier molecular flexibility index (Phi) is 3.70. The zero-order valence-corrected chi connectivity index (χ0v) is 12.0. The molecule has 104 valence electrons. The molecule has 0 fully saturated rings. The summed E-state index contributed by atoms with van der Waals surface area (Å²) in [5.41, 5.74) is 4.92.